The minimum atomic E-state index is -5.00. The van der Waals surface area contributed by atoms with Gasteiger partial charge < -0.3 is 33.8 Å². The number of aliphatic hydroxyl groups is 1. The Morgan fingerprint density at radius 3 is 0.882 bits per heavy atom. The molecule has 0 spiro atoms. The quantitative estimate of drug-likeness (QED) is 0.0169. The van der Waals surface area contributed by atoms with Crippen LogP contribution in [0, 0.1) is 0 Å². The minimum Gasteiger partial charge on any atom is -0.462 e. The molecule has 0 saturated heterocycles. The summed E-state index contributed by atoms with van der Waals surface area (Å²) in [5, 5.41) is 10.6. The molecule has 0 aromatic carbocycles. The summed E-state index contributed by atoms with van der Waals surface area (Å²) < 4.78 is 68.4. The number of ether oxygens (including phenoxy) is 4. The largest absolute Gasteiger partial charge is 0.472 e. The molecule has 0 rings (SSSR count). The lowest BCUT2D eigenvalue weighted by atomic mass is 10.1. The highest BCUT2D eigenvalue weighted by molar-refractivity contribution is 7.47. The van der Waals surface area contributed by atoms with Gasteiger partial charge >= 0.3 is 39.5 Å². The van der Waals surface area contributed by atoms with E-state index in [0.29, 0.717) is 32.1 Å². The Labute approximate surface area is 617 Å². The third-order valence-electron chi connectivity index (χ3n) is 15.8. The van der Waals surface area contributed by atoms with Crippen LogP contribution in [0.4, 0.5) is 0 Å². The predicted octanol–water partition coefficient (Wildman–Crippen LogP) is 22.7. The van der Waals surface area contributed by atoms with E-state index < -0.39 is 97.5 Å². The number of esters is 4. The van der Waals surface area contributed by atoms with Crippen LogP contribution in [0.15, 0.2) is 146 Å². The average Bonchev–Trinajstić information content (AvgIpc) is 0.924. The molecule has 582 valence electrons. The highest BCUT2D eigenvalue weighted by Gasteiger charge is 2.30. The molecule has 0 bridgehead atoms. The summed E-state index contributed by atoms with van der Waals surface area (Å²) in [6.07, 6.45) is 84.2. The second-order valence-corrected chi connectivity index (χ2v) is 28.4. The van der Waals surface area contributed by atoms with Crippen LogP contribution >= 0.6 is 15.6 Å². The van der Waals surface area contributed by atoms with E-state index in [1.54, 1.807) is 0 Å². The number of phosphoric acid groups is 2. The standard InChI is InChI=1S/C83H138O17P2/c1-5-9-13-17-21-25-29-33-36-37-38-39-42-45-48-52-56-60-64-68-81(86)94-74-79(100-83(88)70-66-62-58-54-50-46-41-35-31-27-23-19-15-11-7-3)76-98-102(91,92)96-72-77(84)71-95-101(89,90)97-75-78(99-82(87)69-65-61-57-53-49-43-32-28-24-20-16-12-8-4)73-93-80(85)67-63-59-55-51-47-44-40-34-30-26-22-18-14-10-6-2/h9-10,13-14,21-22,25-26,28,32-36,38-41,45,47-48,51,56,60,77-79,84H,5-8,11-12,15-20,23-24,27,29-31,37,42-44,46,49-50,52-55,57-59,61-76H2,1-4H3,(H,89,90)(H,91,92)/b13-9-,14-10-,25-21-,26-22-,32-28-,36-33-,39-38-,40-34-,41-35-,48-45-,51-47-,60-56-. The van der Waals surface area contributed by atoms with Crippen molar-refractivity contribution >= 4 is 39.5 Å². The summed E-state index contributed by atoms with van der Waals surface area (Å²) in [6.45, 7) is 4.47. The normalized spacial score (nSPS) is 14.7. The van der Waals surface area contributed by atoms with E-state index in [4.69, 9.17) is 37.0 Å². The summed E-state index contributed by atoms with van der Waals surface area (Å²) >= 11 is 0. The van der Waals surface area contributed by atoms with E-state index in [9.17, 15) is 43.2 Å². The summed E-state index contributed by atoms with van der Waals surface area (Å²) in [7, 11) is -10.00. The van der Waals surface area contributed by atoms with Crippen molar-refractivity contribution in [2.75, 3.05) is 39.6 Å². The van der Waals surface area contributed by atoms with Gasteiger partial charge in [-0.25, -0.2) is 9.13 Å². The lowest BCUT2D eigenvalue weighted by Gasteiger charge is -2.21. The van der Waals surface area contributed by atoms with Crippen LogP contribution in [0.3, 0.4) is 0 Å². The van der Waals surface area contributed by atoms with Crippen LogP contribution in [-0.4, -0.2) is 96.7 Å². The molecule has 5 unspecified atom stereocenters. The topological polar surface area (TPSA) is 237 Å². The summed E-state index contributed by atoms with van der Waals surface area (Å²) in [5.41, 5.74) is 0. The Kier molecular flexibility index (Phi) is 70.5. The van der Waals surface area contributed by atoms with Crippen LogP contribution in [0.25, 0.3) is 0 Å². The molecule has 17 nitrogen and oxygen atoms in total. The van der Waals surface area contributed by atoms with E-state index >= 15 is 0 Å². The summed E-state index contributed by atoms with van der Waals surface area (Å²) in [6, 6.07) is 0. The van der Waals surface area contributed by atoms with Crippen molar-refractivity contribution in [3.05, 3.63) is 146 Å². The molecule has 0 aromatic heterocycles. The monoisotopic (exact) mass is 1470 g/mol. The molecular weight excluding hydrogens is 1330 g/mol. The molecule has 102 heavy (non-hydrogen) atoms. The lowest BCUT2D eigenvalue weighted by molar-refractivity contribution is -0.161. The fourth-order valence-electron chi connectivity index (χ4n) is 9.87. The van der Waals surface area contributed by atoms with Gasteiger partial charge in [-0.2, -0.15) is 0 Å². The van der Waals surface area contributed by atoms with Gasteiger partial charge in [0.05, 0.1) is 26.4 Å². The first-order valence-electron chi connectivity index (χ1n) is 39.1. The van der Waals surface area contributed by atoms with Gasteiger partial charge in [-0.05, 0) is 154 Å². The van der Waals surface area contributed by atoms with E-state index in [1.165, 1.54) is 64.2 Å². The zero-order valence-electron chi connectivity index (χ0n) is 63.5. The van der Waals surface area contributed by atoms with E-state index in [-0.39, 0.29) is 25.7 Å². The highest BCUT2D eigenvalue weighted by Crippen LogP contribution is 2.45. The Hall–Kier alpha value is -5.06. The van der Waals surface area contributed by atoms with Crippen molar-refractivity contribution in [2.24, 2.45) is 0 Å². The number of hydrogen-bond donors (Lipinski definition) is 3. The van der Waals surface area contributed by atoms with Crippen molar-refractivity contribution in [2.45, 2.75) is 316 Å². The van der Waals surface area contributed by atoms with Crippen molar-refractivity contribution in [3.63, 3.8) is 0 Å². The van der Waals surface area contributed by atoms with Gasteiger partial charge in [0.1, 0.15) is 19.3 Å². The number of unbranched alkanes of at least 4 members (excludes halogenated alkanes) is 22. The van der Waals surface area contributed by atoms with E-state index in [1.807, 2.05) is 18.2 Å². The molecule has 0 aliphatic rings. The lowest BCUT2D eigenvalue weighted by Crippen LogP contribution is -2.30. The van der Waals surface area contributed by atoms with Crippen molar-refractivity contribution in [1.29, 1.82) is 0 Å². The molecule has 3 N–H and O–H groups in total. The summed E-state index contributed by atoms with van der Waals surface area (Å²) in [5.74, 6) is -2.34. The van der Waals surface area contributed by atoms with Crippen LogP contribution < -0.4 is 0 Å². The molecule has 0 aliphatic heterocycles. The van der Waals surface area contributed by atoms with Crippen molar-refractivity contribution in [1.82, 2.24) is 0 Å². The zero-order chi connectivity index (χ0) is 74.6. The van der Waals surface area contributed by atoms with Gasteiger partial charge in [-0.15, -0.1) is 0 Å². The number of aliphatic hydroxyl groups excluding tert-OH is 1. The van der Waals surface area contributed by atoms with Gasteiger partial charge in [0, 0.05) is 25.7 Å². The Morgan fingerprint density at radius 1 is 0.284 bits per heavy atom. The van der Waals surface area contributed by atoms with E-state index in [2.05, 4.69) is 155 Å². The second kappa shape index (κ2) is 74.2. The van der Waals surface area contributed by atoms with Gasteiger partial charge in [0.2, 0.25) is 0 Å². The minimum absolute atomic E-state index is 0.0304. The molecule has 0 heterocycles. The number of rotatable bonds is 72. The smallest absolute Gasteiger partial charge is 0.462 e. The Morgan fingerprint density at radius 2 is 0.529 bits per heavy atom. The third kappa shape index (κ3) is 73.3. The maximum atomic E-state index is 13.1. The van der Waals surface area contributed by atoms with Crippen molar-refractivity contribution < 1.29 is 80.2 Å². The molecule has 0 aliphatic carbocycles. The third-order valence-corrected chi connectivity index (χ3v) is 17.7. The Balaban J connectivity index is 5.46. The SMILES string of the molecule is CC/C=C\C/C=C\C/C=C\C/C=C\C/C=C\C/C=C\CCC(=O)OCC(COP(=O)(O)OCC(O)COP(=O)(O)OCC(COC(=O)CCCC/C=C\C/C=C\C/C=C\C/C=C\CC)OC(=O)CCCCCCC/C=C\CCCCCC)OC(=O)CCCCCCC/C=C\CCCCCCCC. The maximum absolute atomic E-state index is 13.1. The molecule has 5 atom stereocenters. The molecule has 0 amide bonds. The number of hydrogen-bond acceptors (Lipinski definition) is 15. The molecule has 0 saturated carbocycles. The molecule has 0 aromatic rings. The van der Waals surface area contributed by atoms with E-state index in [0.717, 1.165) is 148 Å². The molecule has 0 radical (unpaired) electrons. The fraction of sp³-hybridized carbons (Fsp3) is 0.663. The van der Waals surface area contributed by atoms with Crippen molar-refractivity contribution in [3.8, 4) is 0 Å². The van der Waals surface area contributed by atoms with Crippen LogP contribution in [0.5, 0.6) is 0 Å². The van der Waals surface area contributed by atoms with Gasteiger partial charge in [0.15, 0.2) is 12.2 Å². The van der Waals surface area contributed by atoms with Crippen LogP contribution in [0.1, 0.15) is 297 Å². The van der Waals surface area contributed by atoms with Gasteiger partial charge in [-0.3, -0.25) is 37.3 Å². The van der Waals surface area contributed by atoms with Gasteiger partial charge in [0.25, 0.3) is 0 Å². The van der Waals surface area contributed by atoms with Crippen LogP contribution in [0.2, 0.25) is 0 Å². The summed E-state index contributed by atoms with van der Waals surface area (Å²) in [4.78, 5) is 72.9. The molecule has 19 heteroatoms. The first-order valence-corrected chi connectivity index (χ1v) is 42.1. The number of allylic oxidation sites excluding steroid dienone is 24. The second-order valence-electron chi connectivity index (χ2n) is 25.5. The fourth-order valence-corrected chi connectivity index (χ4v) is 11.5. The Bertz CT molecular complexity index is 2510. The predicted molar refractivity (Wildman–Crippen MR) is 417 cm³/mol. The van der Waals surface area contributed by atoms with Gasteiger partial charge in [-0.1, -0.05) is 263 Å². The molecule has 0 fully saturated rings. The number of carbonyl (C=O) groups is 4. The van der Waals surface area contributed by atoms with Crippen LogP contribution in [-0.2, 0) is 65.4 Å². The number of carbonyl (C=O) groups excluding carboxylic acids is 4. The number of phosphoric ester groups is 2. The first-order chi connectivity index (χ1) is 49.7. The molecular formula is C83H138O17P2. The first kappa shape index (κ1) is 96.9. The zero-order valence-corrected chi connectivity index (χ0v) is 65.3. The highest BCUT2D eigenvalue weighted by atomic mass is 31.2. The average molecular weight is 1470 g/mol. The maximum Gasteiger partial charge on any atom is 0.472 e.